The molecule has 3 nitrogen and oxygen atoms in total. The van der Waals surface area contributed by atoms with E-state index in [1.54, 1.807) is 18.4 Å². The molecule has 1 heterocycles. The van der Waals surface area contributed by atoms with Crippen molar-refractivity contribution in [3.63, 3.8) is 0 Å². The van der Waals surface area contributed by atoms with E-state index in [-0.39, 0.29) is 0 Å². The second-order valence-corrected chi connectivity index (χ2v) is 5.78. The van der Waals surface area contributed by atoms with Crippen molar-refractivity contribution in [3.8, 4) is 0 Å². The largest absolute Gasteiger partial charge is 0.469 e. The second-order valence-electron chi connectivity index (χ2n) is 4.53. The summed E-state index contributed by atoms with van der Waals surface area (Å²) in [6.45, 7) is 0. The zero-order valence-electron chi connectivity index (χ0n) is 10.4. The molecule has 0 unspecified atom stereocenters. The first-order valence-electron chi connectivity index (χ1n) is 6.19. The Kier molecular flexibility index (Phi) is 3.92. The molecule has 1 aromatic carbocycles. The Morgan fingerprint density at radius 2 is 1.85 bits per heavy atom. The predicted molar refractivity (Wildman–Crippen MR) is 83.3 cm³/mol. The highest BCUT2D eigenvalue weighted by molar-refractivity contribution is 6.41. The summed E-state index contributed by atoms with van der Waals surface area (Å²) in [6, 6.07) is 5.18. The van der Waals surface area contributed by atoms with E-state index in [0.29, 0.717) is 20.8 Å². The van der Waals surface area contributed by atoms with Crippen molar-refractivity contribution < 1.29 is 4.42 Å². The number of halogens is 3. The average Bonchev–Trinajstić information content (AvgIpc) is 2.86. The van der Waals surface area contributed by atoms with Gasteiger partial charge in [-0.2, -0.15) is 5.10 Å². The van der Waals surface area contributed by atoms with Gasteiger partial charge >= 0.3 is 0 Å². The predicted octanol–water partition coefficient (Wildman–Crippen LogP) is 5.39. The van der Waals surface area contributed by atoms with Crippen molar-refractivity contribution in [1.82, 2.24) is 0 Å². The maximum Gasteiger partial charge on any atom is 0.112 e. The molecule has 0 atom stereocenters. The van der Waals surface area contributed by atoms with Gasteiger partial charge in [-0.1, -0.05) is 34.8 Å². The van der Waals surface area contributed by atoms with Crippen LogP contribution in [0.5, 0.6) is 0 Å². The van der Waals surface area contributed by atoms with Crippen molar-refractivity contribution in [2.45, 2.75) is 19.3 Å². The Hall–Kier alpha value is -1.16. The van der Waals surface area contributed by atoms with Gasteiger partial charge in [0.15, 0.2) is 0 Å². The Morgan fingerprint density at radius 3 is 2.60 bits per heavy atom. The molecule has 0 fully saturated rings. The van der Waals surface area contributed by atoms with Gasteiger partial charge in [-0.15, -0.1) is 0 Å². The molecule has 1 aliphatic carbocycles. The van der Waals surface area contributed by atoms with Crippen LogP contribution in [-0.2, 0) is 6.42 Å². The van der Waals surface area contributed by atoms with Crippen molar-refractivity contribution in [2.24, 2.45) is 5.10 Å². The third-order valence-corrected chi connectivity index (χ3v) is 4.00. The van der Waals surface area contributed by atoms with Gasteiger partial charge in [-0.05, 0) is 31.0 Å². The summed E-state index contributed by atoms with van der Waals surface area (Å²) < 4.78 is 5.42. The van der Waals surface area contributed by atoms with Crippen LogP contribution in [0.3, 0.4) is 0 Å². The van der Waals surface area contributed by atoms with Crippen LogP contribution < -0.4 is 5.43 Å². The molecule has 0 radical (unpaired) electrons. The van der Waals surface area contributed by atoms with E-state index in [2.05, 4.69) is 10.5 Å². The molecule has 0 saturated heterocycles. The Bertz CT molecular complexity index is 656. The number of rotatable bonds is 2. The lowest BCUT2D eigenvalue weighted by Crippen LogP contribution is -2.11. The fourth-order valence-corrected chi connectivity index (χ4v) is 3.13. The van der Waals surface area contributed by atoms with Crippen LogP contribution in [0.1, 0.15) is 24.2 Å². The molecule has 1 N–H and O–H groups in total. The van der Waals surface area contributed by atoms with Crippen molar-refractivity contribution in [2.75, 3.05) is 5.43 Å². The lowest BCUT2D eigenvalue weighted by Gasteiger charge is -2.13. The van der Waals surface area contributed by atoms with E-state index >= 15 is 0 Å². The smallest absolute Gasteiger partial charge is 0.112 e. The van der Waals surface area contributed by atoms with Gasteiger partial charge in [-0.25, -0.2) is 0 Å². The number of hydrogen-bond acceptors (Lipinski definition) is 3. The first-order chi connectivity index (χ1) is 9.65. The molecule has 20 heavy (non-hydrogen) atoms. The van der Waals surface area contributed by atoms with Gasteiger partial charge in [0.1, 0.15) is 5.76 Å². The minimum Gasteiger partial charge on any atom is -0.469 e. The van der Waals surface area contributed by atoms with Gasteiger partial charge in [-0.3, -0.25) is 5.43 Å². The molecular formula is C14H11Cl3N2O. The van der Waals surface area contributed by atoms with Crippen molar-refractivity contribution in [1.29, 1.82) is 0 Å². The van der Waals surface area contributed by atoms with Crippen molar-refractivity contribution >= 4 is 46.2 Å². The average molecular weight is 330 g/mol. The number of nitrogens with zero attached hydrogens (tertiary/aromatic N) is 1. The molecular weight excluding hydrogens is 319 g/mol. The van der Waals surface area contributed by atoms with E-state index in [9.17, 15) is 0 Å². The molecule has 104 valence electrons. The first-order valence-corrected chi connectivity index (χ1v) is 7.32. The number of aryl methyl sites for hydroxylation is 1. The summed E-state index contributed by atoms with van der Waals surface area (Å²) in [4.78, 5) is 0. The molecule has 3 rings (SSSR count). The summed E-state index contributed by atoms with van der Waals surface area (Å²) in [5.41, 5.74) is 5.48. The maximum absolute atomic E-state index is 6.11. The fraction of sp³-hybridized carbons (Fsp3) is 0.214. The number of hydrazone groups is 1. The third-order valence-electron chi connectivity index (χ3n) is 3.18. The number of fused-ring (bicyclic) bond motifs is 1. The quantitative estimate of drug-likeness (QED) is 0.750. The Morgan fingerprint density at radius 1 is 1.10 bits per heavy atom. The number of anilines is 1. The minimum absolute atomic E-state index is 0.440. The number of benzene rings is 1. The summed E-state index contributed by atoms with van der Waals surface area (Å²) in [5, 5.41) is 5.79. The van der Waals surface area contributed by atoms with E-state index in [0.717, 1.165) is 36.3 Å². The molecule has 6 heteroatoms. The maximum atomic E-state index is 6.11. The van der Waals surface area contributed by atoms with Gasteiger partial charge in [0.05, 0.1) is 27.7 Å². The number of furan rings is 1. The zero-order chi connectivity index (χ0) is 14.1. The van der Waals surface area contributed by atoms with Crippen LogP contribution in [0.15, 0.2) is 34.0 Å². The van der Waals surface area contributed by atoms with E-state index in [4.69, 9.17) is 39.2 Å². The molecule has 2 aromatic rings. The molecule has 1 aliphatic rings. The van der Waals surface area contributed by atoms with Crippen LogP contribution in [-0.4, -0.2) is 5.71 Å². The highest BCUT2D eigenvalue weighted by Crippen LogP contribution is 2.34. The van der Waals surface area contributed by atoms with E-state index < -0.39 is 0 Å². The zero-order valence-corrected chi connectivity index (χ0v) is 12.7. The Labute approximate surface area is 131 Å². The molecule has 1 aromatic heterocycles. The summed E-state index contributed by atoms with van der Waals surface area (Å²) in [7, 11) is 0. The molecule has 0 bridgehead atoms. The molecule has 0 aliphatic heterocycles. The highest BCUT2D eigenvalue weighted by Gasteiger charge is 2.18. The summed E-state index contributed by atoms with van der Waals surface area (Å²) in [6.07, 6.45) is 4.54. The highest BCUT2D eigenvalue weighted by atomic mass is 35.5. The first kappa shape index (κ1) is 13.8. The van der Waals surface area contributed by atoms with Crippen LogP contribution in [0, 0.1) is 0 Å². The minimum atomic E-state index is 0.440. The standard InChI is InChI=1S/C14H11Cl3N2O/c15-8-6-10(16)14(11(17)7-8)19-18-12-2-1-3-13-9(12)4-5-20-13/h4-7,19H,1-3H2. The SMILES string of the molecule is Clc1cc(Cl)c(NN=C2CCCc3occc32)c(Cl)c1. The van der Waals surface area contributed by atoms with Gasteiger partial charge in [0.25, 0.3) is 0 Å². The van der Waals surface area contributed by atoms with Gasteiger partial charge in [0.2, 0.25) is 0 Å². The molecule has 0 saturated carbocycles. The third kappa shape index (κ3) is 2.66. The van der Waals surface area contributed by atoms with E-state index in [1.165, 1.54) is 0 Å². The normalized spacial score (nSPS) is 16.2. The van der Waals surface area contributed by atoms with Crippen LogP contribution in [0.2, 0.25) is 15.1 Å². The lowest BCUT2D eigenvalue weighted by molar-refractivity contribution is 0.498. The second kappa shape index (κ2) is 5.68. The molecule has 0 spiro atoms. The fourth-order valence-electron chi connectivity index (χ4n) is 2.23. The topological polar surface area (TPSA) is 37.5 Å². The van der Waals surface area contributed by atoms with Gasteiger partial charge < -0.3 is 4.42 Å². The summed E-state index contributed by atoms with van der Waals surface area (Å²) in [5.74, 6) is 0.977. The Balaban J connectivity index is 1.89. The monoisotopic (exact) mass is 328 g/mol. The lowest BCUT2D eigenvalue weighted by atomic mass is 9.97. The van der Waals surface area contributed by atoms with Crippen LogP contribution in [0.25, 0.3) is 0 Å². The van der Waals surface area contributed by atoms with Crippen molar-refractivity contribution in [3.05, 3.63) is 50.9 Å². The van der Waals surface area contributed by atoms with Crippen LogP contribution in [0.4, 0.5) is 5.69 Å². The van der Waals surface area contributed by atoms with Gasteiger partial charge in [0, 0.05) is 17.0 Å². The number of hydrogen-bond donors (Lipinski definition) is 1. The van der Waals surface area contributed by atoms with E-state index in [1.807, 2.05) is 6.07 Å². The number of nitrogens with one attached hydrogen (secondary N) is 1. The summed E-state index contributed by atoms with van der Waals surface area (Å²) >= 11 is 18.1. The van der Waals surface area contributed by atoms with Crippen LogP contribution >= 0.6 is 34.8 Å². The molecule has 0 amide bonds.